The van der Waals surface area contributed by atoms with Gasteiger partial charge in [0.15, 0.2) is 35.9 Å². The Morgan fingerprint density at radius 1 is 1.02 bits per heavy atom. The molecule has 18 heteroatoms. The Bertz CT molecular complexity index is 2200. The van der Waals surface area contributed by atoms with Crippen LogP contribution in [0.3, 0.4) is 0 Å². The number of carbonyl (C=O) groups is 3. The molecule has 5 fully saturated rings. The van der Waals surface area contributed by atoms with Crippen LogP contribution < -0.4 is 9.47 Å². The van der Waals surface area contributed by atoms with Gasteiger partial charge in [0, 0.05) is 55.7 Å². The van der Waals surface area contributed by atoms with Crippen molar-refractivity contribution < 1.29 is 86.9 Å². The summed E-state index contributed by atoms with van der Waals surface area (Å²) in [6, 6.07) is 1.77. The van der Waals surface area contributed by atoms with E-state index in [1.807, 2.05) is 20.8 Å². The third kappa shape index (κ3) is 5.63. The number of ether oxygens (including phenoxy) is 11. The third-order valence-corrected chi connectivity index (χ3v) is 14.5. The maximum Gasteiger partial charge on any atom is 0.303 e. The summed E-state index contributed by atoms with van der Waals surface area (Å²) in [6.45, 7) is 12.8. The highest BCUT2D eigenvalue weighted by atomic mass is 16.9. The molecule has 11 unspecified atom stereocenters. The molecule has 6 heterocycles. The Morgan fingerprint density at radius 3 is 2.33 bits per heavy atom. The molecule has 0 radical (unpaired) electrons. The zero-order valence-electron chi connectivity index (χ0n) is 35.8. The number of aromatic hydroxyl groups is 1. The van der Waals surface area contributed by atoms with Crippen LogP contribution in [-0.2, 0) is 52.2 Å². The number of benzene rings is 2. The van der Waals surface area contributed by atoms with Crippen molar-refractivity contribution in [3.05, 3.63) is 28.3 Å². The maximum atomic E-state index is 14.1. The Labute approximate surface area is 351 Å². The van der Waals surface area contributed by atoms with Crippen molar-refractivity contribution in [1.29, 1.82) is 0 Å². The summed E-state index contributed by atoms with van der Waals surface area (Å²) in [4.78, 5) is 39.2. The van der Waals surface area contributed by atoms with Gasteiger partial charge in [-0.15, -0.1) is 0 Å². The van der Waals surface area contributed by atoms with Crippen LogP contribution in [0.2, 0.25) is 0 Å². The molecule has 7 aliphatic rings. The monoisotopic (exact) mass is 858 g/mol. The highest BCUT2D eigenvalue weighted by Gasteiger charge is 2.93. The molecular formula is C43H54O18. The van der Waals surface area contributed by atoms with Gasteiger partial charge in [-0.25, -0.2) is 0 Å². The van der Waals surface area contributed by atoms with Crippen molar-refractivity contribution in [2.75, 3.05) is 20.8 Å². The summed E-state index contributed by atoms with van der Waals surface area (Å²) in [5.41, 5.74) is -3.86. The van der Waals surface area contributed by atoms with Gasteiger partial charge in [0.25, 0.3) is 5.79 Å². The summed E-state index contributed by atoms with van der Waals surface area (Å²) in [6.07, 6.45) is -11.0. The summed E-state index contributed by atoms with van der Waals surface area (Å²) in [5.74, 6) is -6.30. The van der Waals surface area contributed by atoms with E-state index in [9.17, 15) is 34.8 Å². The standard InChI is InChI=1S/C43H54O18/c1-16-11-23-30(34(48)32-31(35(23)52-10)25(12-24(46)33(32)47)57-28-14-39(8,49)17(2)18(3)54-28)36-29(16)37-38-43(59-36,40(15-53-40)42(60-37,61-38)21(6)51-9)58-27-13-26(56-22(7)45)41(50,19(4)44)20(5)55-27/h11,17-18,20-21,24-28,37-38,46,48-50H,12-15H2,1-10H3/t17?,18?,20?,21-,24-,25-,26?,27?,28?,37?,38?,39?,40+,41?,42?,43+/m0/s1. The summed E-state index contributed by atoms with van der Waals surface area (Å²) in [7, 11) is 2.90. The average molecular weight is 859 g/mol. The fourth-order valence-corrected chi connectivity index (χ4v) is 10.8. The van der Waals surface area contributed by atoms with Gasteiger partial charge in [0.05, 0.1) is 48.6 Å². The number of hydrogen-bond donors (Lipinski definition) is 4. The van der Waals surface area contributed by atoms with Gasteiger partial charge in [-0.05, 0) is 53.2 Å². The van der Waals surface area contributed by atoms with Crippen LogP contribution in [0.5, 0.6) is 17.2 Å². The molecule has 18 nitrogen and oxygen atoms in total. The van der Waals surface area contributed by atoms with E-state index in [0.717, 1.165) is 6.92 Å². The second-order valence-electron chi connectivity index (χ2n) is 17.9. The molecule has 4 N–H and O–H groups in total. The molecule has 0 saturated carbocycles. The molecular weight excluding hydrogens is 804 g/mol. The average Bonchev–Trinajstić information content (AvgIpc) is 3.85. The predicted molar refractivity (Wildman–Crippen MR) is 206 cm³/mol. The first-order valence-corrected chi connectivity index (χ1v) is 20.7. The summed E-state index contributed by atoms with van der Waals surface area (Å²) < 4.78 is 70.1. The van der Waals surface area contributed by atoms with Gasteiger partial charge in [-0.3, -0.25) is 14.4 Å². The molecule has 16 atom stereocenters. The van der Waals surface area contributed by atoms with Crippen molar-refractivity contribution in [3.8, 4) is 17.2 Å². The lowest BCUT2D eigenvalue weighted by Crippen LogP contribution is -2.72. The molecule has 0 aromatic heterocycles. The van der Waals surface area contributed by atoms with Crippen LogP contribution in [0, 0.1) is 12.8 Å². The second kappa shape index (κ2) is 14.0. The van der Waals surface area contributed by atoms with Gasteiger partial charge < -0.3 is 72.5 Å². The van der Waals surface area contributed by atoms with E-state index in [1.54, 1.807) is 19.9 Å². The topological polar surface area (TPSA) is 237 Å². The van der Waals surface area contributed by atoms with Gasteiger partial charge in [-0.1, -0.05) is 6.92 Å². The van der Waals surface area contributed by atoms with Gasteiger partial charge >= 0.3 is 5.97 Å². The lowest BCUT2D eigenvalue weighted by atomic mass is 9.76. The number of epoxide rings is 1. The van der Waals surface area contributed by atoms with Crippen molar-refractivity contribution >= 4 is 28.3 Å². The molecule has 2 aromatic carbocycles. The van der Waals surface area contributed by atoms with Gasteiger partial charge in [0.2, 0.25) is 11.4 Å². The van der Waals surface area contributed by atoms with Gasteiger partial charge in [0.1, 0.15) is 41.7 Å². The number of phenols is 1. The fraction of sp³-hybridized carbons (Fsp3) is 0.698. The lowest BCUT2D eigenvalue weighted by Gasteiger charge is -2.52. The number of carbonyl (C=O) groups excluding carboxylic acids is 3. The first kappa shape index (κ1) is 42.8. The maximum absolute atomic E-state index is 14.1. The predicted octanol–water partition coefficient (Wildman–Crippen LogP) is 2.85. The number of rotatable bonds is 9. The normalized spacial score (nSPS) is 43.7. The van der Waals surface area contributed by atoms with Crippen LogP contribution in [0.1, 0.15) is 107 Å². The van der Waals surface area contributed by atoms with E-state index >= 15 is 0 Å². The van der Waals surface area contributed by atoms with E-state index in [4.69, 9.17) is 52.1 Å². The number of Topliss-reactive ketones (excluding diaryl/α,β-unsaturated/α-hetero) is 2. The lowest BCUT2D eigenvalue weighted by molar-refractivity contribution is -0.374. The summed E-state index contributed by atoms with van der Waals surface area (Å²) >= 11 is 0. The van der Waals surface area contributed by atoms with Crippen LogP contribution in [0.15, 0.2) is 6.07 Å². The Morgan fingerprint density at radius 2 is 1.72 bits per heavy atom. The largest absolute Gasteiger partial charge is 0.506 e. The number of aliphatic hydroxyl groups excluding tert-OH is 1. The molecule has 0 amide bonds. The van der Waals surface area contributed by atoms with Crippen LogP contribution in [0.4, 0.5) is 0 Å². The first-order valence-electron chi connectivity index (χ1n) is 20.7. The molecule has 1 aliphatic carbocycles. The number of hydrogen-bond acceptors (Lipinski definition) is 18. The zero-order valence-corrected chi connectivity index (χ0v) is 35.8. The summed E-state index contributed by atoms with van der Waals surface area (Å²) in [5, 5.41) is 46.8. The fourth-order valence-electron chi connectivity index (χ4n) is 10.8. The molecule has 5 saturated heterocycles. The van der Waals surface area contributed by atoms with E-state index < -0.39 is 107 Å². The number of esters is 1. The molecule has 1 spiro atoms. The first-order chi connectivity index (χ1) is 28.6. The number of aryl methyl sites for hydroxylation is 1. The van der Waals surface area contributed by atoms with Crippen LogP contribution in [-0.4, -0.2) is 136 Å². The van der Waals surface area contributed by atoms with Crippen molar-refractivity contribution in [1.82, 2.24) is 0 Å². The quantitative estimate of drug-likeness (QED) is 0.210. The van der Waals surface area contributed by atoms with E-state index in [2.05, 4.69) is 0 Å². The van der Waals surface area contributed by atoms with E-state index in [0.29, 0.717) is 16.5 Å². The molecule has 61 heavy (non-hydrogen) atoms. The highest BCUT2D eigenvalue weighted by Crippen LogP contribution is 2.72. The molecule has 334 valence electrons. The number of phenolic OH excluding ortho intramolecular Hbond substituents is 1. The highest BCUT2D eigenvalue weighted by molar-refractivity contribution is 6.13. The zero-order chi connectivity index (χ0) is 44.1. The molecule has 9 rings (SSSR count). The minimum Gasteiger partial charge on any atom is -0.506 e. The van der Waals surface area contributed by atoms with Crippen LogP contribution in [0.25, 0.3) is 10.8 Å². The number of fused-ring (bicyclic) bond motifs is 8. The number of ketones is 2. The molecule has 2 aromatic rings. The van der Waals surface area contributed by atoms with Crippen LogP contribution >= 0.6 is 0 Å². The minimum atomic E-state index is -2.20. The molecule has 6 aliphatic heterocycles. The van der Waals surface area contributed by atoms with Crippen molar-refractivity contribution in [2.24, 2.45) is 5.92 Å². The number of aliphatic hydroxyl groups is 3. The Hall–Kier alpha value is -3.53. The Kier molecular flexibility index (Phi) is 9.80. The molecule has 2 bridgehead atoms. The number of methoxy groups -OCH3 is 2. The minimum absolute atomic E-state index is 0.0159. The van der Waals surface area contributed by atoms with Crippen molar-refractivity contribution in [2.45, 2.75) is 164 Å². The SMILES string of the molecule is COc1c2c(c(O)c3c4c(c(C)cc13)C1OC3([C@H](C)OC)OC1[C@@](OC1CC(OC(C)=O)C(O)(C(C)=O)C(C)O1)(O4)[C@@]31CO1)C(=O)[C@@H](O)C[C@@H]2OC1CC(C)(O)C(C)C(C)O1. The third-order valence-electron chi connectivity index (χ3n) is 14.5. The van der Waals surface area contributed by atoms with E-state index in [1.165, 1.54) is 28.1 Å². The smallest absolute Gasteiger partial charge is 0.303 e. The second-order valence-corrected chi connectivity index (χ2v) is 17.9. The van der Waals surface area contributed by atoms with E-state index in [-0.39, 0.29) is 65.9 Å². The van der Waals surface area contributed by atoms with Gasteiger partial charge in [-0.2, -0.15) is 0 Å². The van der Waals surface area contributed by atoms with Crippen molar-refractivity contribution in [3.63, 3.8) is 0 Å². The Balaban J connectivity index is 1.20.